The molecule has 1 heterocycles. The molecular weight excluding hydrogens is 444 g/mol. The van der Waals surface area contributed by atoms with Crippen molar-refractivity contribution in [2.45, 2.75) is 31.8 Å². The molecule has 2 fully saturated rings. The van der Waals surface area contributed by atoms with Crippen molar-refractivity contribution in [3.8, 4) is 0 Å². The van der Waals surface area contributed by atoms with Gasteiger partial charge in [-0.3, -0.25) is 9.59 Å². The first-order valence-electron chi connectivity index (χ1n) is 11.7. The zero-order valence-electron chi connectivity index (χ0n) is 19.0. The van der Waals surface area contributed by atoms with E-state index in [2.05, 4.69) is 34.1 Å². The highest BCUT2D eigenvalue weighted by molar-refractivity contribution is 6.30. The number of nitrogens with zero attached hydrogens (tertiary/aromatic N) is 2. The molecule has 1 saturated carbocycles. The van der Waals surface area contributed by atoms with Gasteiger partial charge in [0, 0.05) is 44.0 Å². The van der Waals surface area contributed by atoms with Gasteiger partial charge in [-0.25, -0.2) is 0 Å². The minimum absolute atomic E-state index is 0.0748. The van der Waals surface area contributed by atoms with Crippen LogP contribution in [0, 0.1) is 0 Å². The smallest absolute Gasteiger partial charge is 0.170 e. The molecule has 0 amide bonds. The summed E-state index contributed by atoms with van der Waals surface area (Å²) < 4.78 is 0. The lowest BCUT2D eigenvalue weighted by molar-refractivity contribution is -0.124. The fourth-order valence-electron chi connectivity index (χ4n) is 5.01. The SMILES string of the molecule is O=C1CC(c2cccc(Cl)c2)CC(=O)C1=C1N(Cc2ccccc2)CCN1Cc1ccccc1. The highest BCUT2D eigenvalue weighted by Gasteiger charge is 2.38. The Morgan fingerprint density at radius 3 is 1.74 bits per heavy atom. The van der Waals surface area contributed by atoms with Gasteiger partial charge in [-0.1, -0.05) is 84.4 Å². The molecule has 5 rings (SSSR count). The molecule has 3 aromatic carbocycles. The number of Topliss-reactive ketones (excluding diaryl/α,β-unsaturated/α-hetero) is 2. The molecule has 1 aliphatic heterocycles. The predicted molar refractivity (Wildman–Crippen MR) is 134 cm³/mol. The lowest BCUT2D eigenvalue weighted by Gasteiger charge is -2.30. The molecule has 34 heavy (non-hydrogen) atoms. The van der Waals surface area contributed by atoms with Crippen molar-refractivity contribution < 1.29 is 9.59 Å². The zero-order chi connectivity index (χ0) is 23.5. The number of benzene rings is 3. The quantitative estimate of drug-likeness (QED) is 0.360. The second kappa shape index (κ2) is 9.86. The van der Waals surface area contributed by atoms with Crippen molar-refractivity contribution in [3.05, 3.63) is 118 Å². The normalized spacial score (nSPS) is 18.7. The molecule has 0 aromatic heterocycles. The third kappa shape index (κ3) is 4.78. The van der Waals surface area contributed by atoms with Crippen LogP contribution in [0.1, 0.15) is 35.4 Å². The average Bonchev–Trinajstić information content (AvgIpc) is 3.21. The maximum atomic E-state index is 13.5. The van der Waals surface area contributed by atoms with E-state index in [1.54, 1.807) is 0 Å². The molecule has 0 bridgehead atoms. The molecule has 0 spiro atoms. The van der Waals surface area contributed by atoms with Gasteiger partial charge in [0.25, 0.3) is 0 Å². The van der Waals surface area contributed by atoms with Crippen LogP contribution < -0.4 is 0 Å². The summed E-state index contributed by atoms with van der Waals surface area (Å²) >= 11 is 6.17. The van der Waals surface area contributed by atoms with E-state index in [-0.39, 0.29) is 17.5 Å². The molecule has 1 saturated heterocycles. The molecule has 172 valence electrons. The van der Waals surface area contributed by atoms with Gasteiger partial charge in [-0.15, -0.1) is 0 Å². The summed E-state index contributed by atoms with van der Waals surface area (Å²) in [7, 11) is 0. The van der Waals surface area contributed by atoms with Crippen molar-refractivity contribution >= 4 is 23.2 Å². The van der Waals surface area contributed by atoms with E-state index < -0.39 is 0 Å². The van der Waals surface area contributed by atoms with Crippen LogP contribution in [0.5, 0.6) is 0 Å². The third-order valence-electron chi connectivity index (χ3n) is 6.64. The maximum absolute atomic E-state index is 13.5. The Hall–Kier alpha value is -3.37. The predicted octanol–water partition coefficient (Wildman–Crippen LogP) is 5.59. The van der Waals surface area contributed by atoms with E-state index in [4.69, 9.17) is 11.6 Å². The maximum Gasteiger partial charge on any atom is 0.170 e. The first-order chi connectivity index (χ1) is 16.6. The van der Waals surface area contributed by atoms with Crippen LogP contribution in [0.15, 0.2) is 96.3 Å². The lowest BCUT2D eigenvalue weighted by atomic mass is 9.79. The molecule has 0 unspecified atom stereocenters. The molecule has 4 nitrogen and oxygen atoms in total. The number of carbonyl (C=O) groups is 2. The number of ketones is 2. The Balaban J connectivity index is 1.48. The zero-order valence-corrected chi connectivity index (χ0v) is 19.7. The topological polar surface area (TPSA) is 40.6 Å². The second-order valence-corrected chi connectivity index (χ2v) is 9.46. The minimum Gasteiger partial charge on any atom is -0.351 e. The molecule has 1 aliphatic carbocycles. The van der Waals surface area contributed by atoms with E-state index >= 15 is 0 Å². The van der Waals surface area contributed by atoms with Crippen LogP contribution in [-0.2, 0) is 22.7 Å². The summed E-state index contributed by atoms with van der Waals surface area (Å²) in [4.78, 5) is 31.4. The van der Waals surface area contributed by atoms with Crippen molar-refractivity contribution in [1.82, 2.24) is 9.80 Å². The van der Waals surface area contributed by atoms with Gasteiger partial charge < -0.3 is 9.80 Å². The molecular formula is C29H27ClN2O2. The fourth-order valence-corrected chi connectivity index (χ4v) is 5.21. The molecule has 0 radical (unpaired) electrons. The van der Waals surface area contributed by atoms with Gasteiger partial charge in [0.15, 0.2) is 11.6 Å². The van der Waals surface area contributed by atoms with E-state index in [1.165, 1.54) is 0 Å². The van der Waals surface area contributed by atoms with Gasteiger partial charge in [-0.05, 0) is 34.7 Å². The van der Waals surface area contributed by atoms with Crippen LogP contribution in [0.3, 0.4) is 0 Å². The number of allylic oxidation sites excluding steroid dienone is 1. The van der Waals surface area contributed by atoms with E-state index in [1.807, 2.05) is 60.7 Å². The summed E-state index contributed by atoms with van der Waals surface area (Å²) in [5, 5.41) is 0.625. The van der Waals surface area contributed by atoms with E-state index in [0.717, 1.165) is 35.6 Å². The highest BCUT2D eigenvalue weighted by atomic mass is 35.5. The summed E-state index contributed by atoms with van der Waals surface area (Å²) in [5.74, 6) is 0.505. The standard InChI is InChI=1S/C29H27ClN2O2/c30-25-13-7-12-23(16-25)24-17-26(33)28(27(34)18-24)29-31(19-21-8-3-1-4-9-21)14-15-32(29)20-22-10-5-2-6-11-22/h1-13,16,24H,14-15,17-20H2. The summed E-state index contributed by atoms with van der Waals surface area (Å²) in [6.07, 6.45) is 0.645. The fraction of sp³-hybridized carbons (Fsp3) is 0.241. The Bertz CT molecular complexity index is 1150. The number of hydrogen-bond acceptors (Lipinski definition) is 4. The number of carbonyl (C=O) groups excluding carboxylic acids is 2. The Labute approximate surface area is 205 Å². The Morgan fingerprint density at radius 2 is 1.24 bits per heavy atom. The molecule has 3 aromatic rings. The van der Waals surface area contributed by atoms with Gasteiger partial charge in [-0.2, -0.15) is 0 Å². The molecule has 2 aliphatic rings. The first-order valence-corrected chi connectivity index (χ1v) is 12.1. The van der Waals surface area contributed by atoms with E-state index in [9.17, 15) is 9.59 Å². The third-order valence-corrected chi connectivity index (χ3v) is 6.87. The number of halogens is 1. The Morgan fingerprint density at radius 1 is 0.706 bits per heavy atom. The summed E-state index contributed by atoms with van der Waals surface area (Å²) in [6, 6.07) is 27.9. The lowest BCUT2D eigenvalue weighted by Crippen LogP contribution is -2.33. The second-order valence-electron chi connectivity index (χ2n) is 9.02. The molecule has 5 heteroatoms. The van der Waals surface area contributed by atoms with Crippen LogP contribution in [-0.4, -0.2) is 34.5 Å². The van der Waals surface area contributed by atoms with Crippen molar-refractivity contribution in [2.75, 3.05) is 13.1 Å². The van der Waals surface area contributed by atoms with Crippen LogP contribution >= 0.6 is 11.6 Å². The van der Waals surface area contributed by atoms with E-state index in [0.29, 0.717) is 36.5 Å². The minimum atomic E-state index is -0.130. The number of rotatable bonds is 5. The largest absolute Gasteiger partial charge is 0.351 e. The Kier molecular flexibility index (Phi) is 6.50. The van der Waals surface area contributed by atoms with Crippen molar-refractivity contribution in [1.29, 1.82) is 0 Å². The first kappa shape index (κ1) is 22.4. The van der Waals surface area contributed by atoms with Gasteiger partial charge in [0.05, 0.1) is 0 Å². The van der Waals surface area contributed by atoms with Gasteiger partial charge in [0.2, 0.25) is 0 Å². The number of hydrogen-bond donors (Lipinski definition) is 0. The van der Waals surface area contributed by atoms with Gasteiger partial charge in [0.1, 0.15) is 11.4 Å². The average molecular weight is 471 g/mol. The van der Waals surface area contributed by atoms with Gasteiger partial charge >= 0.3 is 0 Å². The van der Waals surface area contributed by atoms with Crippen LogP contribution in [0.2, 0.25) is 5.02 Å². The van der Waals surface area contributed by atoms with Crippen molar-refractivity contribution in [3.63, 3.8) is 0 Å². The summed E-state index contributed by atoms with van der Waals surface area (Å²) in [5.41, 5.74) is 3.64. The molecule has 0 atom stereocenters. The van der Waals surface area contributed by atoms with Crippen molar-refractivity contribution in [2.24, 2.45) is 0 Å². The highest BCUT2D eigenvalue weighted by Crippen LogP contribution is 2.36. The molecule has 0 N–H and O–H groups in total. The summed E-state index contributed by atoms with van der Waals surface area (Å²) in [6.45, 7) is 2.89. The monoisotopic (exact) mass is 470 g/mol. The van der Waals surface area contributed by atoms with Crippen LogP contribution in [0.25, 0.3) is 0 Å². The van der Waals surface area contributed by atoms with Crippen LogP contribution in [0.4, 0.5) is 0 Å².